The van der Waals surface area contributed by atoms with E-state index in [9.17, 15) is 23.6 Å². The number of carbonyl (C=O) groups excluding carboxylic acids is 4. The van der Waals surface area contributed by atoms with Crippen molar-refractivity contribution in [3.63, 3.8) is 0 Å². The molecule has 2 amide bonds. The molecule has 11 nitrogen and oxygen atoms in total. The van der Waals surface area contributed by atoms with E-state index in [1.165, 1.54) is 50.7 Å². The molecule has 0 bridgehead atoms. The molecule has 1 saturated heterocycles. The van der Waals surface area contributed by atoms with E-state index in [0.29, 0.717) is 37.3 Å². The fraction of sp³-hybridized carbons (Fsp3) is 0.367. The van der Waals surface area contributed by atoms with Gasteiger partial charge in [-0.25, -0.2) is 23.5 Å². The Morgan fingerprint density at radius 3 is 2.02 bits per heavy atom. The van der Waals surface area contributed by atoms with Gasteiger partial charge in [-0.3, -0.25) is 4.79 Å². The van der Waals surface area contributed by atoms with E-state index in [4.69, 9.17) is 14.2 Å². The van der Waals surface area contributed by atoms with Gasteiger partial charge >= 0.3 is 18.0 Å². The van der Waals surface area contributed by atoms with Gasteiger partial charge in [0.1, 0.15) is 11.4 Å². The normalized spacial score (nSPS) is 13.8. The van der Waals surface area contributed by atoms with E-state index in [1.807, 2.05) is 0 Å². The second kappa shape index (κ2) is 12.4. The third kappa shape index (κ3) is 6.93. The summed E-state index contributed by atoms with van der Waals surface area (Å²) in [5, 5.41) is 7.21. The molecule has 1 aromatic heterocycles. The predicted molar refractivity (Wildman–Crippen MR) is 150 cm³/mol. The zero-order valence-electron chi connectivity index (χ0n) is 24.1. The average Bonchev–Trinajstić information content (AvgIpc) is 3.41. The van der Waals surface area contributed by atoms with Crippen molar-refractivity contribution in [3.05, 3.63) is 76.9 Å². The van der Waals surface area contributed by atoms with Crippen LogP contribution in [-0.4, -0.2) is 71.5 Å². The molecule has 3 aromatic rings. The number of nitrogens with zero attached hydrogens (tertiary/aromatic N) is 3. The third-order valence-corrected chi connectivity index (χ3v) is 6.69. The maximum Gasteiger partial charge on any atom is 0.410 e. The van der Waals surface area contributed by atoms with Crippen LogP contribution in [0.3, 0.4) is 0 Å². The number of methoxy groups -OCH3 is 2. The van der Waals surface area contributed by atoms with Crippen molar-refractivity contribution in [2.45, 2.75) is 45.1 Å². The number of benzene rings is 2. The van der Waals surface area contributed by atoms with Crippen molar-refractivity contribution in [2.75, 3.05) is 32.6 Å². The topological polar surface area (TPSA) is 129 Å². The molecule has 0 atom stereocenters. The Hall–Kier alpha value is -4.74. The fourth-order valence-electron chi connectivity index (χ4n) is 4.75. The Morgan fingerprint density at radius 1 is 0.929 bits per heavy atom. The lowest BCUT2D eigenvalue weighted by Crippen LogP contribution is -2.41. The van der Waals surface area contributed by atoms with Gasteiger partial charge in [0.15, 0.2) is 0 Å². The number of anilines is 1. The van der Waals surface area contributed by atoms with E-state index in [0.717, 1.165) is 0 Å². The van der Waals surface area contributed by atoms with Crippen LogP contribution in [0.25, 0.3) is 5.69 Å². The van der Waals surface area contributed by atoms with Crippen LogP contribution >= 0.6 is 0 Å². The van der Waals surface area contributed by atoms with Gasteiger partial charge in [0.05, 0.1) is 48.5 Å². The lowest BCUT2D eigenvalue weighted by molar-refractivity contribution is 0.0202. The first-order chi connectivity index (χ1) is 19.9. The molecule has 222 valence electrons. The fourth-order valence-corrected chi connectivity index (χ4v) is 4.75. The van der Waals surface area contributed by atoms with E-state index in [2.05, 4.69) is 10.4 Å². The van der Waals surface area contributed by atoms with Gasteiger partial charge in [-0.2, -0.15) is 5.10 Å². The van der Waals surface area contributed by atoms with Crippen LogP contribution < -0.4 is 5.32 Å². The molecular weight excluding hydrogens is 547 g/mol. The standard InChI is InChI=1S/C30H33FN4O7/c1-30(2,3)42-29(39)34-12-10-18(11-13-34)25-24(17-32-35(25)23-8-6-21(31)7-9-23)26(36)33-22-15-19(27(37)40-4)14-20(16-22)28(38)41-5/h6-9,14-18H,10-13H2,1-5H3,(H,33,36). The molecule has 2 aromatic carbocycles. The number of piperidine rings is 1. The van der Waals surface area contributed by atoms with E-state index >= 15 is 0 Å². The monoisotopic (exact) mass is 580 g/mol. The molecule has 1 fully saturated rings. The highest BCUT2D eigenvalue weighted by molar-refractivity contribution is 6.06. The third-order valence-electron chi connectivity index (χ3n) is 6.69. The average molecular weight is 581 g/mol. The van der Waals surface area contributed by atoms with Crippen molar-refractivity contribution >= 4 is 29.6 Å². The number of carbonyl (C=O) groups is 4. The van der Waals surface area contributed by atoms with Crippen molar-refractivity contribution in [1.82, 2.24) is 14.7 Å². The van der Waals surface area contributed by atoms with Gasteiger partial charge in [-0.05, 0) is 76.1 Å². The van der Waals surface area contributed by atoms with Crippen molar-refractivity contribution in [2.24, 2.45) is 0 Å². The molecule has 1 aliphatic rings. The quantitative estimate of drug-likeness (QED) is 0.320. The number of nitrogens with one attached hydrogen (secondary N) is 1. The molecule has 1 N–H and O–H groups in total. The van der Waals surface area contributed by atoms with Crippen LogP contribution in [0, 0.1) is 5.82 Å². The zero-order chi connectivity index (χ0) is 30.6. The highest BCUT2D eigenvalue weighted by Crippen LogP contribution is 2.33. The number of hydrogen-bond donors (Lipinski definition) is 1. The second-order valence-corrected chi connectivity index (χ2v) is 10.8. The van der Waals surface area contributed by atoms with Gasteiger partial charge in [0.2, 0.25) is 0 Å². The summed E-state index contributed by atoms with van der Waals surface area (Å²) < 4.78 is 30.3. The highest BCUT2D eigenvalue weighted by atomic mass is 19.1. The molecular formula is C30H33FN4O7. The minimum absolute atomic E-state index is 0.0486. The number of ether oxygens (including phenoxy) is 3. The summed E-state index contributed by atoms with van der Waals surface area (Å²) in [6, 6.07) is 9.82. The number of aromatic nitrogens is 2. The highest BCUT2D eigenvalue weighted by Gasteiger charge is 2.32. The maximum absolute atomic E-state index is 13.7. The lowest BCUT2D eigenvalue weighted by atomic mass is 9.90. The van der Waals surface area contributed by atoms with Crippen LogP contribution in [0.2, 0.25) is 0 Å². The molecule has 12 heteroatoms. The summed E-state index contributed by atoms with van der Waals surface area (Å²) in [6.07, 6.45) is 2.06. The summed E-state index contributed by atoms with van der Waals surface area (Å²) in [4.78, 5) is 52.4. The zero-order valence-corrected chi connectivity index (χ0v) is 24.1. The predicted octanol–water partition coefficient (Wildman–Crippen LogP) is 4.95. The Bertz CT molecular complexity index is 1450. The van der Waals surface area contributed by atoms with Gasteiger partial charge in [0.25, 0.3) is 5.91 Å². The van der Waals surface area contributed by atoms with Gasteiger partial charge in [-0.1, -0.05) is 0 Å². The van der Waals surface area contributed by atoms with E-state index in [-0.39, 0.29) is 28.3 Å². The smallest absolute Gasteiger partial charge is 0.410 e. The molecule has 0 unspecified atom stereocenters. The Balaban J connectivity index is 1.67. The molecule has 0 radical (unpaired) electrons. The second-order valence-electron chi connectivity index (χ2n) is 10.8. The first-order valence-corrected chi connectivity index (χ1v) is 13.3. The molecule has 2 heterocycles. The molecule has 0 saturated carbocycles. The van der Waals surface area contributed by atoms with Crippen LogP contribution in [0.15, 0.2) is 48.7 Å². The SMILES string of the molecule is COC(=O)c1cc(NC(=O)c2cnn(-c3ccc(F)cc3)c2C2CCN(C(=O)OC(C)(C)C)CC2)cc(C(=O)OC)c1. The Morgan fingerprint density at radius 2 is 1.50 bits per heavy atom. The first-order valence-electron chi connectivity index (χ1n) is 13.3. The number of rotatable bonds is 6. The maximum atomic E-state index is 13.7. The van der Waals surface area contributed by atoms with Gasteiger partial charge in [0, 0.05) is 24.7 Å². The van der Waals surface area contributed by atoms with E-state index in [1.54, 1.807) is 42.5 Å². The van der Waals surface area contributed by atoms with Crippen molar-refractivity contribution in [1.29, 1.82) is 0 Å². The number of likely N-dealkylation sites (tertiary alicyclic amines) is 1. The molecule has 42 heavy (non-hydrogen) atoms. The minimum Gasteiger partial charge on any atom is -0.465 e. The first kappa shape index (κ1) is 30.2. The summed E-state index contributed by atoms with van der Waals surface area (Å²) in [7, 11) is 2.41. The molecule has 1 aliphatic heterocycles. The summed E-state index contributed by atoms with van der Waals surface area (Å²) in [5.74, 6) is -2.52. The van der Waals surface area contributed by atoms with Crippen LogP contribution in [0.5, 0.6) is 0 Å². The molecule has 0 spiro atoms. The van der Waals surface area contributed by atoms with Crippen molar-refractivity contribution in [3.8, 4) is 5.69 Å². The van der Waals surface area contributed by atoms with Crippen LogP contribution in [0.4, 0.5) is 14.9 Å². The van der Waals surface area contributed by atoms with Gasteiger partial charge in [-0.15, -0.1) is 0 Å². The van der Waals surface area contributed by atoms with Crippen LogP contribution in [-0.2, 0) is 14.2 Å². The lowest BCUT2D eigenvalue weighted by Gasteiger charge is -2.34. The summed E-state index contributed by atoms with van der Waals surface area (Å²) >= 11 is 0. The number of hydrogen-bond acceptors (Lipinski definition) is 8. The molecule has 4 rings (SSSR count). The van der Waals surface area contributed by atoms with Crippen LogP contribution in [0.1, 0.15) is 76.3 Å². The molecule has 0 aliphatic carbocycles. The van der Waals surface area contributed by atoms with E-state index < -0.39 is 35.4 Å². The number of esters is 2. The summed E-state index contributed by atoms with van der Waals surface area (Å²) in [5.41, 5.74) is 1.03. The van der Waals surface area contributed by atoms with Gasteiger partial charge < -0.3 is 24.4 Å². The Kier molecular flexibility index (Phi) is 8.93. The largest absolute Gasteiger partial charge is 0.465 e. The van der Waals surface area contributed by atoms with Crippen molar-refractivity contribution < 1.29 is 37.8 Å². The number of halogens is 1. The Labute approximate surface area is 242 Å². The minimum atomic E-state index is -0.696. The summed E-state index contributed by atoms with van der Waals surface area (Å²) in [6.45, 7) is 6.22. The number of amides is 2.